The molecule has 0 saturated carbocycles. The number of amides is 1. The Balaban J connectivity index is 3.01. The van der Waals surface area contributed by atoms with Gasteiger partial charge in [0.1, 0.15) is 6.10 Å². The summed E-state index contributed by atoms with van der Waals surface area (Å²) in [5.41, 5.74) is -0.708. The maximum atomic E-state index is 12.0. The smallest absolute Gasteiger partial charge is 0.302 e. The first kappa shape index (κ1) is 14.7. The number of hydrogen-bond acceptors (Lipinski definition) is 3. The van der Waals surface area contributed by atoms with E-state index in [9.17, 15) is 9.59 Å². The van der Waals surface area contributed by atoms with Crippen LogP contribution in [0.3, 0.4) is 0 Å². The lowest BCUT2D eigenvalue weighted by molar-refractivity contribution is -0.163. The van der Waals surface area contributed by atoms with Crippen LogP contribution in [-0.4, -0.2) is 34.0 Å². The Morgan fingerprint density at radius 2 is 1.67 bits per heavy atom. The predicted molar refractivity (Wildman–Crippen MR) is 70.0 cm³/mol. The summed E-state index contributed by atoms with van der Waals surface area (Å²) >= 11 is 0. The number of nitrogens with zero attached hydrogens (tertiary/aromatic N) is 1. The van der Waals surface area contributed by atoms with Crippen LogP contribution in [0.1, 0.15) is 47.5 Å². The molecule has 0 aromatic carbocycles. The number of carbonyl (C=O) groups is 2. The standard InChI is InChI=1S/C14H23NO3/c1-7-12(17)15-13(3,4)8-11(18-10(2)16)9-14(15,5)6/h7,11H,1,8-9H2,2-6H3. The van der Waals surface area contributed by atoms with Crippen molar-refractivity contribution in [3.63, 3.8) is 0 Å². The van der Waals surface area contributed by atoms with Gasteiger partial charge >= 0.3 is 5.97 Å². The normalized spacial score (nSPS) is 22.4. The van der Waals surface area contributed by atoms with Crippen molar-refractivity contribution in [2.45, 2.75) is 64.6 Å². The van der Waals surface area contributed by atoms with Gasteiger partial charge in [-0.15, -0.1) is 0 Å². The number of piperidine rings is 1. The highest BCUT2D eigenvalue weighted by molar-refractivity contribution is 5.88. The van der Waals surface area contributed by atoms with Crippen molar-refractivity contribution in [2.24, 2.45) is 0 Å². The molecule has 1 aliphatic rings. The Labute approximate surface area is 109 Å². The molecular formula is C14H23NO3. The highest BCUT2D eigenvalue weighted by Crippen LogP contribution is 2.39. The topological polar surface area (TPSA) is 46.6 Å². The van der Waals surface area contributed by atoms with Gasteiger partial charge in [-0.25, -0.2) is 0 Å². The van der Waals surface area contributed by atoms with Crippen molar-refractivity contribution >= 4 is 11.9 Å². The minimum Gasteiger partial charge on any atom is -0.462 e. The van der Waals surface area contributed by atoms with Crippen LogP contribution in [-0.2, 0) is 14.3 Å². The maximum absolute atomic E-state index is 12.0. The molecule has 1 heterocycles. The van der Waals surface area contributed by atoms with Crippen LogP contribution in [0.2, 0.25) is 0 Å². The van der Waals surface area contributed by atoms with Crippen LogP contribution in [0.5, 0.6) is 0 Å². The summed E-state index contributed by atoms with van der Waals surface area (Å²) in [4.78, 5) is 25.0. The highest BCUT2D eigenvalue weighted by Gasteiger charge is 2.48. The molecular weight excluding hydrogens is 230 g/mol. The van der Waals surface area contributed by atoms with Crippen molar-refractivity contribution in [3.05, 3.63) is 12.7 Å². The molecule has 1 amide bonds. The molecule has 18 heavy (non-hydrogen) atoms. The fourth-order valence-electron chi connectivity index (χ4n) is 3.19. The fourth-order valence-corrected chi connectivity index (χ4v) is 3.19. The van der Waals surface area contributed by atoms with Gasteiger partial charge in [0.05, 0.1) is 0 Å². The van der Waals surface area contributed by atoms with Crippen molar-refractivity contribution in [2.75, 3.05) is 0 Å². The molecule has 0 unspecified atom stereocenters. The average molecular weight is 253 g/mol. The van der Waals surface area contributed by atoms with Gasteiger partial charge in [-0.05, 0) is 33.8 Å². The number of esters is 1. The maximum Gasteiger partial charge on any atom is 0.302 e. The van der Waals surface area contributed by atoms with E-state index in [1.54, 1.807) is 0 Å². The SMILES string of the molecule is C=CC(=O)N1C(C)(C)CC(OC(C)=O)CC1(C)C. The van der Waals surface area contributed by atoms with Gasteiger partial charge in [-0.1, -0.05) is 6.58 Å². The molecule has 4 heteroatoms. The van der Waals surface area contributed by atoms with Gasteiger partial charge in [0.2, 0.25) is 5.91 Å². The summed E-state index contributed by atoms with van der Waals surface area (Å²) in [5, 5.41) is 0. The van der Waals surface area contributed by atoms with Gasteiger partial charge in [0, 0.05) is 30.8 Å². The molecule has 0 aromatic rings. The zero-order valence-electron chi connectivity index (χ0n) is 11.9. The van der Waals surface area contributed by atoms with Gasteiger partial charge in [0.25, 0.3) is 0 Å². The molecule has 0 bridgehead atoms. The molecule has 1 fully saturated rings. The van der Waals surface area contributed by atoms with Gasteiger partial charge in [0.15, 0.2) is 0 Å². The van der Waals surface area contributed by atoms with Gasteiger partial charge in [-0.2, -0.15) is 0 Å². The summed E-state index contributed by atoms with van der Waals surface area (Å²) < 4.78 is 5.32. The first-order valence-electron chi connectivity index (χ1n) is 6.24. The van der Waals surface area contributed by atoms with Gasteiger partial charge in [-0.3, -0.25) is 9.59 Å². The number of rotatable bonds is 2. The first-order chi connectivity index (χ1) is 8.10. The van der Waals surface area contributed by atoms with Crippen molar-refractivity contribution in [1.29, 1.82) is 0 Å². The van der Waals surface area contributed by atoms with Crippen molar-refractivity contribution in [3.8, 4) is 0 Å². The lowest BCUT2D eigenvalue weighted by Gasteiger charge is -2.54. The van der Waals surface area contributed by atoms with Crippen molar-refractivity contribution in [1.82, 2.24) is 4.90 Å². The molecule has 0 spiro atoms. The predicted octanol–water partition coefficient (Wildman–Crippen LogP) is 2.28. The van der Waals surface area contributed by atoms with E-state index >= 15 is 0 Å². The third kappa shape index (κ3) is 2.92. The molecule has 0 atom stereocenters. The molecule has 0 aliphatic carbocycles. The van der Waals surface area contributed by atoms with Crippen LogP contribution in [0.15, 0.2) is 12.7 Å². The fraction of sp³-hybridized carbons (Fsp3) is 0.714. The second-order valence-corrected chi connectivity index (χ2v) is 6.14. The highest BCUT2D eigenvalue weighted by atomic mass is 16.5. The second-order valence-electron chi connectivity index (χ2n) is 6.14. The monoisotopic (exact) mass is 253 g/mol. The summed E-state index contributed by atoms with van der Waals surface area (Å²) in [6.07, 6.45) is 2.50. The van der Waals surface area contributed by atoms with Crippen LogP contribution >= 0.6 is 0 Å². The molecule has 1 saturated heterocycles. The van der Waals surface area contributed by atoms with E-state index in [1.165, 1.54) is 13.0 Å². The Morgan fingerprint density at radius 3 is 2.00 bits per heavy atom. The number of ether oxygens (including phenoxy) is 1. The number of hydrogen-bond donors (Lipinski definition) is 0. The summed E-state index contributed by atoms with van der Waals surface area (Å²) in [6, 6.07) is 0. The Kier molecular flexibility index (Phi) is 3.89. The zero-order chi connectivity index (χ0) is 14.1. The minimum atomic E-state index is -0.354. The summed E-state index contributed by atoms with van der Waals surface area (Å²) in [7, 11) is 0. The Hall–Kier alpha value is -1.32. The van der Waals surface area contributed by atoms with Crippen LogP contribution < -0.4 is 0 Å². The van der Waals surface area contributed by atoms with E-state index in [4.69, 9.17) is 4.74 Å². The number of carbonyl (C=O) groups excluding carboxylic acids is 2. The van der Waals surface area contributed by atoms with E-state index in [0.29, 0.717) is 12.8 Å². The quantitative estimate of drug-likeness (QED) is 0.560. The minimum absolute atomic E-state index is 0.0775. The average Bonchev–Trinajstić information content (AvgIpc) is 2.11. The van der Waals surface area contributed by atoms with Crippen LogP contribution in [0.4, 0.5) is 0 Å². The van der Waals surface area contributed by atoms with E-state index in [-0.39, 0.29) is 29.1 Å². The largest absolute Gasteiger partial charge is 0.462 e. The molecule has 1 rings (SSSR count). The molecule has 0 aromatic heterocycles. The van der Waals surface area contributed by atoms with E-state index in [0.717, 1.165) is 0 Å². The third-order valence-corrected chi connectivity index (χ3v) is 3.39. The molecule has 4 nitrogen and oxygen atoms in total. The summed E-state index contributed by atoms with van der Waals surface area (Å²) in [5.74, 6) is -0.346. The Bertz CT molecular complexity index is 353. The summed E-state index contributed by atoms with van der Waals surface area (Å²) in [6.45, 7) is 12.9. The first-order valence-corrected chi connectivity index (χ1v) is 6.24. The Morgan fingerprint density at radius 1 is 1.22 bits per heavy atom. The zero-order valence-corrected chi connectivity index (χ0v) is 11.9. The lowest BCUT2D eigenvalue weighted by Crippen LogP contribution is -2.63. The molecule has 0 N–H and O–H groups in total. The third-order valence-electron chi connectivity index (χ3n) is 3.39. The van der Waals surface area contributed by atoms with Crippen molar-refractivity contribution < 1.29 is 14.3 Å². The van der Waals surface area contributed by atoms with Crippen LogP contribution in [0, 0.1) is 0 Å². The molecule has 0 radical (unpaired) electrons. The van der Waals surface area contributed by atoms with Crippen LogP contribution in [0.25, 0.3) is 0 Å². The number of likely N-dealkylation sites (tertiary alicyclic amines) is 1. The van der Waals surface area contributed by atoms with E-state index in [1.807, 2.05) is 32.6 Å². The van der Waals surface area contributed by atoms with E-state index < -0.39 is 0 Å². The van der Waals surface area contributed by atoms with Gasteiger partial charge < -0.3 is 9.64 Å². The second kappa shape index (κ2) is 4.75. The molecule has 1 aliphatic heterocycles. The molecule has 102 valence electrons. The lowest BCUT2D eigenvalue weighted by atomic mass is 9.78. The van der Waals surface area contributed by atoms with E-state index in [2.05, 4.69) is 6.58 Å².